The lowest BCUT2D eigenvalue weighted by molar-refractivity contribution is 0.295. The maximum absolute atomic E-state index is 5.99. The Morgan fingerprint density at radius 1 is 0.957 bits per heavy atom. The molecule has 4 heteroatoms. The van der Waals surface area contributed by atoms with Crippen LogP contribution in [0.3, 0.4) is 0 Å². The van der Waals surface area contributed by atoms with Crippen molar-refractivity contribution in [2.45, 2.75) is 26.9 Å². The first-order valence-corrected chi connectivity index (χ1v) is 8.14. The van der Waals surface area contributed by atoms with Gasteiger partial charge in [0.05, 0.1) is 6.54 Å². The molecule has 0 spiro atoms. The molecule has 0 heterocycles. The molecule has 23 heavy (non-hydrogen) atoms. The van der Waals surface area contributed by atoms with E-state index >= 15 is 0 Å². The molecule has 2 rings (SSSR count). The van der Waals surface area contributed by atoms with Gasteiger partial charge in [-0.1, -0.05) is 56.3 Å². The highest BCUT2D eigenvalue weighted by atomic mass is 15.1. The van der Waals surface area contributed by atoms with E-state index in [0.29, 0.717) is 12.5 Å². The van der Waals surface area contributed by atoms with Gasteiger partial charge in [-0.15, -0.1) is 0 Å². The number of nitrogens with zero attached hydrogens (tertiary/aromatic N) is 2. The van der Waals surface area contributed by atoms with Gasteiger partial charge in [0.15, 0.2) is 5.96 Å². The standard InChI is InChI=1S/C19H26N4/c1-3-23(4-2)15-17-11-9-8-10-16(17)14-21-19(20)22-18-12-6-5-7-13-18/h5-13H,3-4,14-15H2,1-2H3,(H3,20,21,22). The van der Waals surface area contributed by atoms with E-state index in [0.717, 1.165) is 25.3 Å². The summed E-state index contributed by atoms with van der Waals surface area (Å²) >= 11 is 0. The molecule has 2 aromatic carbocycles. The summed E-state index contributed by atoms with van der Waals surface area (Å²) in [7, 11) is 0. The highest BCUT2D eigenvalue weighted by Gasteiger charge is 2.06. The summed E-state index contributed by atoms with van der Waals surface area (Å²) in [6.07, 6.45) is 0. The summed E-state index contributed by atoms with van der Waals surface area (Å²) in [6, 6.07) is 18.3. The number of nitrogens with two attached hydrogens (primary N) is 1. The highest BCUT2D eigenvalue weighted by molar-refractivity contribution is 5.92. The fourth-order valence-electron chi connectivity index (χ4n) is 2.43. The van der Waals surface area contributed by atoms with Crippen molar-refractivity contribution in [3.05, 3.63) is 65.7 Å². The molecule has 0 amide bonds. The molecular formula is C19H26N4. The van der Waals surface area contributed by atoms with Gasteiger partial charge in [0.2, 0.25) is 0 Å². The third kappa shape index (κ3) is 5.42. The molecule has 4 nitrogen and oxygen atoms in total. The molecule has 0 aliphatic rings. The number of para-hydroxylation sites is 1. The van der Waals surface area contributed by atoms with Crippen LogP contribution < -0.4 is 11.1 Å². The van der Waals surface area contributed by atoms with Crippen molar-refractivity contribution >= 4 is 11.6 Å². The summed E-state index contributed by atoms with van der Waals surface area (Å²) < 4.78 is 0. The number of rotatable bonds is 7. The summed E-state index contributed by atoms with van der Waals surface area (Å²) in [6.45, 7) is 8.00. The van der Waals surface area contributed by atoms with E-state index < -0.39 is 0 Å². The van der Waals surface area contributed by atoms with Crippen LogP contribution in [0.25, 0.3) is 0 Å². The Bertz CT molecular complexity index is 618. The fourth-order valence-corrected chi connectivity index (χ4v) is 2.43. The van der Waals surface area contributed by atoms with Crippen LogP contribution in [0.1, 0.15) is 25.0 Å². The molecule has 2 aromatic rings. The van der Waals surface area contributed by atoms with Gasteiger partial charge >= 0.3 is 0 Å². The monoisotopic (exact) mass is 310 g/mol. The molecule has 0 saturated carbocycles. The lowest BCUT2D eigenvalue weighted by Gasteiger charge is -2.19. The largest absolute Gasteiger partial charge is 0.370 e. The van der Waals surface area contributed by atoms with Crippen LogP contribution in [-0.2, 0) is 13.1 Å². The third-order valence-corrected chi connectivity index (χ3v) is 3.87. The van der Waals surface area contributed by atoms with E-state index in [9.17, 15) is 0 Å². The van der Waals surface area contributed by atoms with Gasteiger partial charge in [0.25, 0.3) is 0 Å². The van der Waals surface area contributed by atoms with Gasteiger partial charge in [0.1, 0.15) is 0 Å². The highest BCUT2D eigenvalue weighted by Crippen LogP contribution is 2.13. The quantitative estimate of drug-likeness (QED) is 0.608. The van der Waals surface area contributed by atoms with Crippen molar-refractivity contribution in [2.24, 2.45) is 10.7 Å². The molecule has 0 atom stereocenters. The van der Waals surface area contributed by atoms with Gasteiger partial charge in [-0.25, -0.2) is 4.99 Å². The van der Waals surface area contributed by atoms with Crippen LogP contribution >= 0.6 is 0 Å². The first-order valence-electron chi connectivity index (χ1n) is 8.14. The Labute approximate surface area is 139 Å². The first-order chi connectivity index (χ1) is 11.2. The number of nitrogens with one attached hydrogen (secondary N) is 1. The zero-order chi connectivity index (χ0) is 16.5. The Kier molecular flexibility index (Phi) is 6.63. The molecule has 0 aliphatic heterocycles. The van der Waals surface area contributed by atoms with Crippen molar-refractivity contribution in [3.63, 3.8) is 0 Å². The van der Waals surface area contributed by atoms with Crippen LogP contribution in [-0.4, -0.2) is 23.9 Å². The van der Waals surface area contributed by atoms with Crippen molar-refractivity contribution in [1.82, 2.24) is 4.90 Å². The maximum atomic E-state index is 5.99. The van der Waals surface area contributed by atoms with Crippen LogP contribution in [0.2, 0.25) is 0 Å². The second kappa shape index (κ2) is 8.96. The molecule has 0 radical (unpaired) electrons. The smallest absolute Gasteiger partial charge is 0.193 e. The molecule has 122 valence electrons. The topological polar surface area (TPSA) is 53.6 Å². The molecule has 0 aromatic heterocycles. The lowest BCUT2D eigenvalue weighted by Crippen LogP contribution is -2.24. The fraction of sp³-hybridized carbons (Fsp3) is 0.316. The van der Waals surface area contributed by atoms with E-state index in [1.807, 2.05) is 30.3 Å². The zero-order valence-corrected chi connectivity index (χ0v) is 14.0. The molecule has 0 bridgehead atoms. The SMILES string of the molecule is CCN(CC)Cc1ccccc1CN=C(N)Nc1ccccc1. The van der Waals surface area contributed by atoms with Crippen molar-refractivity contribution in [3.8, 4) is 0 Å². The number of hydrogen-bond acceptors (Lipinski definition) is 2. The minimum Gasteiger partial charge on any atom is -0.370 e. The van der Waals surface area contributed by atoms with Gasteiger partial charge in [-0.3, -0.25) is 4.90 Å². The van der Waals surface area contributed by atoms with E-state index in [1.54, 1.807) is 0 Å². The second-order valence-corrected chi connectivity index (χ2v) is 5.42. The molecule has 0 fully saturated rings. The molecule has 3 N–H and O–H groups in total. The van der Waals surface area contributed by atoms with Crippen molar-refractivity contribution in [1.29, 1.82) is 0 Å². The summed E-state index contributed by atoms with van der Waals surface area (Å²) in [5, 5.41) is 3.11. The normalized spacial score (nSPS) is 11.7. The average Bonchev–Trinajstić information content (AvgIpc) is 2.59. The third-order valence-electron chi connectivity index (χ3n) is 3.87. The van der Waals surface area contributed by atoms with E-state index in [1.165, 1.54) is 11.1 Å². The Morgan fingerprint density at radius 2 is 1.57 bits per heavy atom. The molecule has 0 saturated heterocycles. The Balaban J connectivity index is 2.03. The first kappa shape index (κ1) is 17.0. The molecule has 0 unspecified atom stereocenters. The number of guanidine groups is 1. The maximum Gasteiger partial charge on any atom is 0.193 e. The number of anilines is 1. The van der Waals surface area contributed by atoms with Gasteiger partial charge in [-0.05, 0) is 36.3 Å². The van der Waals surface area contributed by atoms with E-state index in [2.05, 4.69) is 53.3 Å². The summed E-state index contributed by atoms with van der Waals surface area (Å²) in [5.41, 5.74) is 9.47. The Morgan fingerprint density at radius 3 is 2.22 bits per heavy atom. The van der Waals surface area contributed by atoms with Crippen LogP contribution in [0.5, 0.6) is 0 Å². The second-order valence-electron chi connectivity index (χ2n) is 5.42. The predicted molar refractivity (Wildman–Crippen MR) is 98.5 cm³/mol. The zero-order valence-electron chi connectivity index (χ0n) is 14.0. The van der Waals surface area contributed by atoms with Crippen molar-refractivity contribution in [2.75, 3.05) is 18.4 Å². The summed E-state index contributed by atoms with van der Waals surface area (Å²) in [4.78, 5) is 6.87. The van der Waals surface area contributed by atoms with E-state index in [4.69, 9.17) is 5.73 Å². The number of aliphatic imine (C=N–C) groups is 1. The molecule has 0 aliphatic carbocycles. The van der Waals surface area contributed by atoms with Crippen LogP contribution in [0.15, 0.2) is 59.6 Å². The van der Waals surface area contributed by atoms with Crippen LogP contribution in [0, 0.1) is 0 Å². The minimum absolute atomic E-state index is 0.439. The number of hydrogen-bond donors (Lipinski definition) is 2. The lowest BCUT2D eigenvalue weighted by atomic mass is 10.1. The average molecular weight is 310 g/mol. The van der Waals surface area contributed by atoms with Crippen molar-refractivity contribution < 1.29 is 0 Å². The Hall–Kier alpha value is -2.33. The number of benzene rings is 2. The summed E-state index contributed by atoms with van der Waals surface area (Å²) in [5.74, 6) is 0.439. The minimum atomic E-state index is 0.439. The van der Waals surface area contributed by atoms with Crippen LogP contribution in [0.4, 0.5) is 5.69 Å². The van der Waals surface area contributed by atoms with Gasteiger partial charge in [-0.2, -0.15) is 0 Å². The molecular weight excluding hydrogens is 284 g/mol. The van der Waals surface area contributed by atoms with Gasteiger partial charge < -0.3 is 11.1 Å². The predicted octanol–water partition coefficient (Wildman–Crippen LogP) is 3.46. The van der Waals surface area contributed by atoms with Gasteiger partial charge in [0, 0.05) is 12.2 Å². The van der Waals surface area contributed by atoms with E-state index in [-0.39, 0.29) is 0 Å².